The SMILES string of the molecule is COc1ccc2c(c1)CCC1C2C(=O)C[NH+]([O-])C1Cc1ccccc1. The lowest BCUT2D eigenvalue weighted by molar-refractivity contribution is -0.875. The molecule has 4 nitrogen and oxygen atoms in total. The van der Waals surface area contributed by atoms with Crippen LogP contribution in [0.4, 0.5) is 0 Å². The fraction of sp³-hybridized carbons (Fsp3) is 0.381. The highest BCUT2D eigenvalue weighted by atomic mass is 16.5. The number of fused-ring (bicyclic) bond motifs is 3. The number of benzene rings is 2. The summed E-state index contributed by atoms with van der Waals surface area (Å²) in [6.45, 7) is 0.0735. The first kappa shape index (κ1) is 16.3. The number of aryl methyl sites for hydroxylation is 1. The lowest BCUT2D eigenvalue weighted by atomic mass is 9.67. The minimum absolute atomic E-state index is 0.0552. The van der Waals surface area contributed by atoms with E-state index in [0.29, 0.717) is 0 Å². The number of hydroxylamine groups is 2. The number of carbonyl (C=O) groups is 1. The summed E-state index contributed by atoms with van der Waals surface area (Å²) in [4.78, 5) is 12.7. The predicted molar refractivity (Wildman–Crippen MR) is 95.7 cm³/mol. The Morgan fingerprint density at radius 1 is 1.20 bits per heavy atom. The Kier molecular flexibility index (Phi) is 4.32. The molecule has 0 saturated carbocycles. The number of piperidine rings is 1. The van der Waals surface area contributed by atoms with E-state index in [-0.39, 0.29) is 35.3 Å². The maximum absolute atomic E-state index is 12.7. The number of hydrogen-bond donors (Lipinski definition) is 1. The van der Waals surface area contributed by atoms with E-state index >= 15 is 0 Å². The smallest absolute Gasteiger partial charge is 0.195 e. The van der Waals surface area contributed by atoms with Crippen molar-refractivity contribution in [3.05, 3.63) is 70.4 Å². The molecular weight excluding hydrogens is 314 g/mol. The minimum atomic E-state index is -0.138. The van der Waals surface area contributed by atoms with Crippen molar-refractivity contribution in [2.45, 2.75) is 31.2 Å². The third-order valence-electron chi connectivity index (χ3n) is 5.78. The summed E-state index contributed by atoms with van der Waals surface area (Å²) in [5, 5.41) is 12.8. The fourth-order valence-electron chi connectivity index (χ4n) is 4.58. The van der Waals surface area contributed by atoms with Crippen molar-refractivity contribution in [1.29, 1.82) is 0 Å². The van der Waals surface area contributed by atoms with Crippen LogP contribution in [0.25, 0.3) is 0 Å². The maximum Gasteiger partial charge on any atom is 0.195 e. The van der Waals surface area contributed by atoms with Crippen molar-refractivity contribution in [2.24, 2.45) is 5.92 Å². The minimum Gasteiger partial charge on any atom is -0.634 e. The van der Waals surface area contributed by atoms with E-state index in [9.17, 15) is 10.0 Å². The molecule has 2 aromatic carbocycles. The fourth-order valence-corrected chi connectivity index (χ4v) is 4.58. The lowest BCUT2D eigenvalue weighted by Gasteiger charge is -2.46. The summed E-state index contributed by atoms with van der Waals surface area (Å²) in [5.74, 6) is 0.902. The maximum atomic E-state index is 12.7. The molecule has 1 aliphatic heterocycles. The number of quaternary nitrogens is 1. The molecule has 4 heteroatoms. The highest BCUT2D eigenvalue weighted by molar-refractivity contribution is 5.88. The molecule has 0 amide bonds. The van der Waals surface area contributed by atoms with E-state index in [4.69, 9.17) is 4.74 Å². The van der Waals surface area contributed by atoms with Gasteiger partial charge in [-0.05, 0) is 41.7 Å². The highest BCUT2D eigenvalue weighted by Crippen LogP contribution is 2.41. The van der Waals surface area contributed by atoms with Crippen molar-refractivity contribution >= 4 is 5.78 Å². The quantitative estimate of drug-likeness (QED) is 0.871. The van der Waals surface area contributed by atoms with Crippen LogP contribution in [0, 0.1) is 11.1 Å². The Morgan fingerprint density at radius 3 is 2.76 bits per heavy atom. The Bertz CT molecular complexity index is 774. The molecule has 25 heavy (non-hydrogen) atoms. The van der Waals surface area contributed by atoms with Crippen LogP contribution in [-0.4, -0.2) is 25.5 Å². The molecule has 1 N–H and O–H groups in total. The van der Waals surface area contributed by atoms with Crippen LogP contribution in [0.15, 0.2) is 48.5 Å². The zero-order chi connectivity index (χ0) is 17.4. The largest absolute Gasteiger partial charge is 0.634 e. The number of ether oxygens (including phenoxy) is 1. The van der Waals surface area contributed by atoms with Gasteiger partial charge in [-0.3, -0.25) is 4.79 Å². The third kappa shape index (κ3) is 2.96. The Hall–Kier alpha value is -2.17. The van der Waals surface area contributed by atoms with Gasteiger partial charge >= 0.3 is 0 Å². The van der Waals surface area contributed by atoms with Crippen molar-refractivity contribution in [2.75, 3.05) is 13.7 Å². The molecule has 4 atom stereocenters. The first-order valence-corrected chi connectivity index (χ1v) is 8.93. The number of rotatable bonds is 3. The van der Waals surface area contributed by atoms with Crippen molar-refractivity contribution < 1.29 is 14.6 Å². The molecule has 2 aliphatic rings. The Labute approximate surface area is 148 Å². The van der Waals surface area contributed by atoms with E-state index in [1.54, 1.807) is 7.11 Å². The molecule has 1 saturated heterocycles. The summed E-state index contributed by atoms with van der Waals surface area (Å²) in [6, 6.07) is 16.1. The Morgan fingerprint density at radius 2 is 2.00 bits per heavy atom. The van der Waals surface area contributed by atoms with Gasteiger partial charge < -0.3 is 15.0 Å². The number of hydrogen-bond acceptors (Lipinski definition) is 3. The second-order valence-electron chi connectivity index (χ2n) is 7.15. The van der Waals surface area contributed by atoms with E-state index in [2.05, 4.69) is 12.1 Å². The zero-order valence-electron chi connectivity index (χ0n) is 14.4. The molecule has 0 aromatic heterocycles. The molecule has 4 rings (SSSR count). The molecule has 4 unspecified atom stereocenters. The van der Waals surface area contributed by atoms with Gasteiger partial charge in [0.2, 0.25) is 0 Å². The summed E-state index contributed by atoms with van der Waals surface area (Å²) in [7, 11) is 1.66. The molecule has 130 valence electrons. The van der Waals surface area contributed by atoms with Crippen molar-refractivity contribution in [1.82, 2.24) is 0 Å². The topological polar surface area (TPSA) is 53.8 Å². The first-order valence-electron chi connectivity index (χ1n) is 8.93. The van der Waals surface area contributed by atoms with E-state index in [1.165, 1.54) is 11.1 Å². The van der Waals surface area contributed by atoms with Crippen LogP contribution < -0.4 is 9.80 Å². The standard InChI is InChI=1S/C21H23NO3/c1-25-16-8-10-17-15(12-16)7-9-18-19(11-14-5-3-2-4-6-14)22(24)13-20(23)21(17)18/h2-6,8,10,12,18-19,21-22H,7,9,11,13H2,1H3. The van der Waals surface area contributed by atoms with Crippen LogP contribution in [0.2, 0.25) is 0 Å². The van der Waals surface area contributed by atoms with Crippen LogP contribution >= 0.6 is 0 Å². The second kappa shape index (κ2) is 6.62. The molecule has 1 heterocycles. The van der Waals surface area contributed by atoms with Gasteiger partial charge in [0.05, 0.1) is 19.1 Å². The van der Waals surface area contributed by atoms with Gasteiger partial charge in [0.15, 0.2) is 5.78 Å². The normalized spacial score (nSPS) is 28.2. The van der Waals surface area contributed by atoms with Gasteiger partial charge in [-0.1, -0.05) is 36.4 Å². The van der Waals surface area contributed by atoms with Gasteiger partial charge in [0.25, 0.3) is 0 Å². The van der Waals surface area contributed by atoms with Crippen LogP contribution in [0.3, 0.4) is 0 Å². The lowest BCUT2D eigenvalue weighted by Crippen LogP contribution is -3.15. The van der Waals surface area contributed by atoms with Gasteiger partial charge in [0, 0.05) is 12.3 Å². The number of carbonyl (C=O) groups excluding carboxylic acids is 1. The van der Waals surface area contributed by atoms with E-state index in [0.717, 1.165) is 30.6 Å². The Balaban J connectivity index is 1.67. The zero-order valence-corrected chi connectivity index (χ0v) is 14.4. The number of methoxy groups -OCH3 is 1. The van der Waals surface area contributed by atoms with Crippen LogP contribution in [-0.2, 0) is 17.6 Å². The van der Waals surface area contributed by atoms with Gasteiger partial charge in [-0.25, -0.2) is 0 Å². The summed E-state index contributed by atoms with van der Waals surface area (Å²) in [5.41, 5.74) is 3.48. The molecule has 0 spiro atoms. The monoisotopic (exact) mass is 337 g/mol. The first-order chi connectivity index (χ1) is 12.2. The molecule has 1 aliphatic carbocycles. The average molecular weight is 337 g/mol. The summed E-state index contributed by atoms with van der Waals surface area (Å²) in [6.07, 6.45) is 2.53. The highest BCUT2D eigenvalue weighted by Gasteiger charge is 2.46. The number of Topliss-reactive ketones (excluding diaryl/α,β-unsaturated/α-hetero) is 1. The molecule has 1 fully saturated rings. The summed E-state index contributed by atoms with van der Waals surface area (Å²) >= 11 is 0. The van der Waals surface area contributed by atoms with Crippen LogP contribution in [0.1, 0.15) is 29.0 Å². The van der Waals surface area contributed by atoms with Crippen LogP contribution in [0.5, 0.6) is 5.75 Å². The summed E-state index contributed by atoms with van der Waals surface area (Å²) < 4.78 is 5.32. The van der Waals surface area contributed by atoms with Gasteiger partial charge in [0.1, 0.15) is 12.3 Å². The molecule has 2 aromatic rings. The van der Waals surface area contributed by atoms with Gasteiger partial charge in [-0.15, -0.1) is 0 Å². The van der Waals surface area contributed by atoms with Gasteiger partial charge in [-0.2, -0.15) is 0 Å². The van der Waals surface area contributed by atoms with Crippen molar-refractivity contribution in [3.8, 4) is 5.75 Å². The second-order valence-corrected chi connectivity index (χ2v) is 7.15. The third-order valence-corrected chi connectivity index (χ3v) is 5.78. The molecular formula is C21H23NO3. The van der Waals surface area contributed by atoms with Crippen molar-refractivity contribution in [3.63, 3.8) is 0 Å². The molecule has 0 bridgehead atoms. The number of ketones is 1. The predicted octanol–water partition coefficient (Wildman–Crippen LogP) is 1.92. The van der Waals surface area contributed by atoms with E-state index in [1.807, 2.05) is 36.4 Å². The van der Waals surface area contributed by atoms with E-state index < -0.39 is 0 Å². The average Bonchev–Trinajstić information content (AvgIpc) is 2.64. The molecule has 0 radical (unpaired) electrons. The number of nitrogens with one attached hydrogen (secondary N) is 1.